The molecule has 1 aromatic rings. The maximum Gasteiger partial charge on any atom is 0.239 e. The molecule has 1 aliphatic heterocycles. The van der Waals surface area contributed by atoms with Crippen LogP contribution in [0.4, 0.5) is 0 Å². The van der Waals surface area contributed by atoms with Crippen molar-refractivity contribution < 1.29 is 4.79 Å². The molecule has 0 aromatic carbocycles. The van der Waals surface area contributed by atoms with Crippen molar-refractivity contribution in [3.63, 3.8) is 0 Å². The summed E-state index contributed by atoms with van der Waals surface area (Å²) < 4.78 is 1.85. The summed E-state index contributed by atoms with van der Waals surface area (Å²) in [6.07, 6.45) is 4.31. The van der Waals surface area contributed by atoms with Crippen LogP contribution in [0.5, 0.6) is 0 Å². The van der Waals surface area contributed by atoms with E-state index in [0.717, 1.165) is 31.6 Å². The Morgan fingerprint density at radius 2 is 2.00 bits per heavy atom. The Bertz CT molecular complexity index is 460. The largest absolute Gasteiger partial charge is 0.341 e. The monoisotopic (exact) mass is 278 g/mol. The molecule has 1 N–H and O–H groups in total. The van der Waals surface area contributed by atoms with Crippen LogP contribution >= 0.6 is 0 Å². The number of aryl methyl sites for hydroxylation is 1. The van der Waals surface area contributed by atoms with E-state index in [2.05, 4.69) is 24.3 Å². The second-order valence-corrected chi connectivity index (χ2v) is 6.00. The van der Waals surface area contributed by atoms with Crippen molar-refractivity contribution in [2.45, 2.75) is 52.1 Å². The fraction of sp³-hybridized carbons (Fsp3) is 0.733. The van der Waals surface area contributed by atoms with Crippen molar-refractivity contribution in [1.82, 2.24) is 20.0 Å². The zero-order chi connectivity index (χ0) is 14.7. The first-order valence-electron chi connectivity index (χ1n) is 7.53. The third-order valence-electron chi connectivity index (χ3n) is 3.87. The van der Waals surface area contributed by atoms with E-state index in [4.69, 9.17) is 0 Å². The number of rotatable bonds is 5. The average molecular weight is 278 g/mol. The fourth-order valence-electron chi connectivity index (χ4n) is 2.74. The van der Waals surface area contributed by atoms with Gasteiger partial charge in [0.15, 0.2) is 0 Å². The normalized spacial score (nSPS) is 16.9. The van der Waals surface area contributed by atoms with E-state index in [1.54, 1.807) is 0 Å². The molecule has 2 rings (SSSR count). The Morgan fingerprint density at radius 3 is 2.60 bits per heavy atom. The molecule has 1 saturated heterocycles. The predicted molar refractivity (Wildman–Crippen MR) is 79.4 cm³/mol. The summed E-state index contributed by atoms with van der Waals surface area (Å²) in [6, 6.07) is -0.131. The lowest BCUT2D eigenvalue weighted by Gasteiger charge is -2.21. The highest BCUT2D eigenvalue weighted by Crippen LogP contribution is 2.17. The maximum atomic E-state index is 12.2. The summed E-state index contributed by atoms with van der Waals surface area (Å²) in [6.45, 7) is 8.76. The summed E-state index contributed by atoms with van der Waals surface area (Å²) in [5.74, 6) is 0.620. The van der Waals surface area contributed by atoms with Gasteiger partial charge in [-0.2, -0.15) is 5.10 Å². The summed E-state index contributed by atoms with van der Waals surface area (Å²) in [4.78, 5) is 14.2. The van der Waals surface area contributed by atoms with Gasteiger partial charge in [0.1, 0.15) is 0 Å². The van der Waals surface area contributed by atoms with Gasteiger partial charge in [-0.3, -0.25) is 9.48 Å². The minimum atomic E-state index is -0.131. The Balaban J connectivity index is 1.92. The predicted octanol–water partition coefficient (Wildman–Crippen LogP) is 1.64. The summed E-state index contributed by atoms with van der Waals surface area (Å²) >= 11 is 0. The molecule has 0 bridgehead atoms. The number of hydrogen-bond donors (Lipinski definition) is 1. The van der Waals surface area contributed by atoms with Crippen LogP contribution in [-0.4, -0.2) is 39.7 Å². The molecule has 112 valence electrons. The molecule has 1 fully saturated rings. The van der Waals surface area contributed by atoms with Crippen molar-refractivity contribution in [2.24, 2.45) is 7.05 Å². The average Bonchev–Trinajstić information content (AvgIpc) is 3.04. The third kappa shape index (κ3) is 3.39. The van der Waals surface area contributed by atoms with Crippen LogP contribution in [0.1, 0.15) is 50.8 Å². The van der Waals surface area contributed by atoms with E-state index in [1.165, 1.54) is 5.56 Å². The van der Waals surface area contributed by atoms with Gasteiger partial charge in [0.05, 0.1) is 11.7 Å². The molecule has 0 aliphatic carbocycles. The van der Waals surface area contributed by atoms with Gasteiger partial charge in [-0.05, 0) is 25.7 Å². The van der Waals surface area contributed by atoms with Crippen molar-refractivity contribution in [3.05, 3.63) is 17.5 Å². The lowest BCUT2D eigenvalue weighted by Crippen LogP contribution is -2.43. The van der Waals surface area contributed by atoms with Gasteiger partial charge >= 0.3 is 0 Å². The molecule has 0 spiro atoms. The highest BCUT2D eigenvalue weighted by molar-refractivity contribution is 5.81. The molecule has 5 nitrogen and oxygen atoms in total. The third-order valence-corrected chi connectivity index (χ3v) is 3.87. The number of amides is 1. The Hall–Kier alpha value is -1.36. The van der Waals surface area contributed by atoms with Gasteiger partial charge in [0, 0.05) is 38.4 Å². The van der Waals surface area contributed by atoms with Crippen LogP contribution in [-0.2, 0) is 18.4 Å². The molecule has 0 saturated carbocycles. The molecule has 1 aliphatic rings. The lowest BCUT2D eigenvalue weighted by molar-refractivity contribution is -0.131. The van der Waals surface area contributed by atoms with Crippen LogP contribution in [0.3, 0.4) is 0 Å². The highest BCUT2D eigenvalue weighted by Gasteiger charge is 2.23. The van der Waals surface area contributed by atoms with Gasteiger partial charge in [-0.1, -0.05) is 13.8 Å². The number of carbonyl (C=O) groups excluding carboxylic acids is 1. The van der Waals surface area contributed by atoms with Crippen molar-refractivity contribution in [1.29, 1.82) is 0 Å². The molecular weight excluding hydrogens is 252 g/mol. The molecule has 1 unspecified atom stereocenters. The first-order valence-corrected chi connectivity index (χ1v) is 7.53. The Morgan fingerprint density at radius 1 is 1.35 bits per heavy atom. The molecule has 1 aromatic heterocycles. The zero-order valence-electron chi connectivity index (χ0n) is 13.0. The fourth-order valence-corrected chi connectivity index (χ4v) is 2.74. The van der Waals surface area contributed by atoms with Crippen LogP contribution in [0.25, 0.3) is 0 Å². The molecule has 0 radical (unpaired) electrons. The molecular formula is C15H26N4O. The number of aromatic nitrogens is 2. The Kier molecular flexibility index (Phi) is 4.81. The SMILES string of the molecule is CC(NCc1cn(C)nc1C(C)C)C(=O)N1CCCC1. The highest BCUT2D eigenvalue weighted by atomic mass is 16.2. The number of likely N-dealkylation sites (tertiary alicyclic amines) is 1. The molecule has 1 amide bonds. The quantitative estimate of drug-likeness (QED) is 0.891. The number of nitrogens with one attached hydrogen (secondary N) is 1. The van der Waals surface area contributed by atoms with Crippen molar-refractivity contribution in [3.8, 4) is 0 Å². The summed E-state index contributed by atoms with van der Waals surface area (Å²) in [7, 11) is 1.94. The first-order chi connectivity index (χ1) is 9.49. The van der Waals surface area contributed by atoms with E-state index < -0.39 is 0 Å². The second kappa shape index (κ2) is 6.39. The topological polar surface area (TPSA) is 50.2 Å². The number of carbonyl (C=O) groups is 1. The smallest absolute Gasteiger partial charge is 0.239 e. The van der Waals surface area contributed by atoms with Crippen LogP contribution in [0, 0.1) is 0 Å². The van der Waals surface area contributed by atoms with Gasteiger partial charge in [-0.15, -0.1) is 0 Å². The van der Waals surface area contributed by atoms with E-state index >= 15 is 0 Å². The zero-order valence-corrected chi connectivity index (χ0v) is 13.0. The maximum absolute atomic E-state index is 12.2. The van der Waals surface area contributed by atoms with Gasteiger partial charge in [-0.25, -0.2) is 0 Å². The molecule has 1 atom stereocenters. The first kappa shape index (κ1) is 15.0. The summed E-state index contributed by atoms with van der Waals surface area (Å²) in [5, 5.41) is 7.83. The van der Waals surface area contributed by atoms with Crippen LogP contribution in [0.2, 0.25) is 0 Å². The summed E-state index contributed by atoms with van der Waals surface area (Å²) in [5.41, 5.74) is 2.30. The minimum absolute atomic E-state index is 0.131. The molecule has 20 heavy (non-hydrogen) atoms. The number of nitrogens with zero attached hydrogens (tertiary/aromatic N) is 3. The number of hydrogen-bond acceptors (Lipinski definition) is 3. The van der Waals surface area contributed by atoms with Gasteiger partial charge in [0.25, 0.3) is 0 Å². The van der Waals surface area contributed by atoms with Crippen molar-refractivity contribution in [2.75, 3.05) is 13.1 Å². The second-order valence-electron chi connectivity index (χ2n) is 6.00. The van der Waals surface area contributed by atoms with Crippen LogP contribution < -0.4 is 5.32 Å². The van der Waals surface area contributed by atoms with Crippen LogP contribution in [0.15, 0.2) is 6.20 Å². The molecule has 2 heterocycles. The molecule has 5 heteroatoms. The Labute approximate surface area is 121 Å². The lowest BCUT2D eigenvalue weighted by atomic mass is 10.1. The van der Waals surface area contributed by atoms with E-state index in [0.29, 0.717) is 12.5 Å². The van der Waals surface area contributed by atoms with Crippen molar-refractivity contribution >= 4 is 5.91 Å². The van der Waals surface area contributed by atoms with E-state index in [9.17, 15) is 4.79 Å². The van der Waals surface area contributed by atoms with Gasteiger partial charge < -0.3 is 10.2 Å². The standard InChI is InChI=1S/C15H26N4O/c1-11(2)14-13(10-18(4)17-14)9-16-12(3)15(20)19-7-5-6-8-19/h10-12,16H,5-9H2,1-4H3. The minimum Gasteiger partial charge on any atom is -0.341 e. The van der Waals surface area contributed by atoms with E-state index in [1.807, 2.05) is 29.7 Å². The van der Waals surface area contributed by atoms with Gasteiger partial charge in [0.2, 0.25) is 5.91 Å². The van der Waals surface area contributed by atoms with E-state index in [-0.39, 0.29) is 11.9 Å².